The van der Waals surface area contributed by atoms with Crippen LogP contribution in [0.1, 0.15) is 25.7 Å². The van der Waals surface area contributed by atoms with Crippen LogP contribution in [0.4, 0.5) is 10.5 Å². The van der Waals surface area contributed by atoms with Gasteiger partial charge in [-0.15, -0.1) is 0 Å². The molecule has 0 bridgehead atoms. The van der Waals surface area contributed by atoms with Gasteiger partial charge >= 0.3 is 6.03 Å². The third-order valence-corrected chi connectivity index (χ3v) is 2.69. The van der Waals surface area contributed by atoms with E-state index in [1.807, 2.05) is 0 Å². The fraction of sp³-hybridized carbons (Fsp3) is 0.385. The summed E-state index contributed by atoms with van der Waals surface area (Å²) in [6.45, 7) is 0.127. The lowest BCUT2D eigenvalue weighted by Crippen LogP contribution is -2.43. The molecule has 7 heteroatoms. The van der Waals surface area contributed by atoms with E-state index in [-0.39, 0.29) is 12.5 Å². The topological polar surface area (TPSA) is 90.5 Å². The Labute approximate surface area is 122 Å². The summed E-state index contributed by atoms with van der Waals surface area (Å²) in [6.07, 6.45) is 2.43. The molecule has 20 heavy (non-hydrogen) atoms. The number of unbranched alkanes of at least 4 members (excludes halogenated alkanes) is 2. The molecular weight excluding hydrogens is 282 g/mol. The number of nitrogens with one attached hydrogen (secondary N) is 3. The Morgan fingerprint density at radius 1 is 1.15 bits per heavy atom. The van der Waals surface area contributed by atoms with Crippen LogP contribution in [0.3, 0.4) is 0 Å². The molecular formula is C13H18ClN3O3. The third kappa shape index (κ3) is 6.96. The lowest BCUT2D eigenvalue weighted by atomic mass is 10.2. The van der Waals surface area contributed by atoms with E-state index >= 15 is 0 Å². The first-order valence-corrected chi connectivity index (χ1v) is 6.72. The molecule has 1 aromatic rings. The zero-order chi connectivity index (χ0) is 14.8. The van der Waals surface area contributed by atoms with E-state index in [0.717, 1.165) is 6.42 Å². The van der Waals surface area contributed by atoms with Crippen LogP contribution in [0.15, 0.2) is 24.3 Å². The number of urea groups is 1. The molecule has 1 rings (SSSR count). The van der Waals surface area contributed by atoms with Gasteiger partial charge in [0.15, 0.2) is 0 Å². The highest BCUT2D eigenvalue weighted by Crippen LogP contribution is 2.14. The normalized spacial score (nSPS) is 9.90. The van der Waals surface area contributed by atoms with Gasteiger partial charge in [0.1, 0.15) is 0 Å². The van der Waals surface area contributed by atoms with Crippen LogP contribution in [-0.4, -0.2) is 23.7 Å². The van der Waals surface area contributed by atoms with Crippen LogP contribution in [0, 0.1) is 0 Å². The van der Waals surface area contributed by atoms with E-state index in [0.29, 0.717) is 30.0 Å². The molecule has 0 aliphatic heterocycles. The Bertz CT molecular complexity index is 454. The molecule has 0 saturated heterocycles. The summed E-state index contributed by atoms with van der Waals surface area (Å²) in [5.74, 6) is -0.274. The minimum absolute atomic E-state index is 0.127. The van der Waals surface area contributed by atoms with Crippen LogP contribution in [-0.2, 0) is 4.79 Å². The van der Waals surface area contributed by atoms with Crippen molar-refractivity contribution in [1.29, 1.82) is 0 Å². The van der Waals surface area contributed by atoms with E-state index in [1.165, 1.54) is 0 Å². The number of aliphatic hydroxyl groups excluding tert-OH is 1. The van der Waals surface area contributed by atoms with Gasteiger partial charge in [0, 0.05) is 23.7 Å². The summed E-state index contributed by atoms with van der Waals surface area (Å²) in [4.78, 5) is 22.9. The maximum atomic E-state index is 11.5. The van der Waals surface area contributed by atoms with E-state index in [4.69, 9.17) is 16.7 Å². The average Bonchev–Trinajstić information content (AvgIpc) is 2.41. The first-order chi connectivity index (χ1) is 9.61. The number of hydrazine groups is 1. The summed E-state index contributed by atoms with van der Waals surface area (Å²) in [6, 6.07) is 6.13. The molecule has 0 aliphatic rings. The SMILES string of the molecule is O=C(CCCCCO)NNC(=O)Nc1cccc(Cl)c1. The first-order valence-electron chi connectivity index (χ1n) is 6.34. The van der Waals surface area contributed by atoms with Crippen LogP contribution >= 0.6 is 11.6 Å². The quantitative estimate of drug-likeness (QED) is 0.478. The summed E-state index contributed by atoms with van der Waals surface area (Å²) in [7, 11) is 0. The van der Waals surface area contributed by atoms with Gasteiger partial charge in [0.05, 0.1) is 0 Å². The molecule has 0 unspecified atom stereocenters. The highest BCUT2D eigenvalue weighted by molar-refractivity contribution is 6.30. The Morgan fingerprint density at radius 2 is 1.95 bits per heavy atom. The van der Waals surface area contributed by atoms with Crippen LogP contribution in [0.5, 0.6) is 0 Å². The molecule has 0 atom stereocenters. The second-order valence-electron chi connectivity index (χ2n) is 4.17. The van der Waals surface area contributed by atoms with Crippen molar-refractivity contribution >= 4 is 29.2 Å². The molecule has 0 saturated carbocycles. The Hall–Kier alpha value is -1.79. The number of aliphatic hydroxyl groups is 1. The van der Waals surface area contributed by atoms with Crippen molar-refractivity contribution in [2.75, 3.05) is 11.9 Å². The smallest absolute Gasteiger partial charge is 0.337 e. The molecule has 110 valence electrons. The van der Waals surface area contributed by atoms with Gasteiger partial charge in [-0.25, -0.2) is 10.2 Å². The van der Waals surface area contributed by atoms with E-state index in [2.05, 4.69) is 16.2 Å². The fourth-order valence-electron chi connectivity index (χ4n) is 1.49. The number of hydrogen-bond donors (Lipinski definition) is 4. The number of carbonyl (C=O) groups excluding carboxylic acids is 2. The summed E-state index contributed by atoms with van der Waals surface area (Å²) < 4.78 is 0. The molecule has 4 N–H and O–H groups in total. The Kier molecular flexibility index (Phi) is 7.46. The number of amides is 3. The van der Waals surface area contributed by atoms with Crippen molar-refractivity contribution in [3.63, 3.8) is 0 Å². The number of rotatable bonds is 6. The molecule has 0 fully saturated rings. The van der Waals surface area contributed by atoms with E-state index in [1.54, 1.807) is 24.3 Å². The minimum atomic E-state index is -0.545. The molecule has 0 heterocycles. The van der Waals surface area contributed by atoms with Gasteiger partial charge in [0.2, 0.25) is 5.91 Å². The number of halogens is 1. The third-order valence-electron chi connectivity index (χ3n) is 2.46. The van der Waals surface area contributed by atoms with Crippen LogP contribution in [0.25, 0.3) is 0 Å². The summed E-state index contributed by atoms with van der Waals surface area (Å²) in [5.41, 5.74) is 5.08. The zero-order valence-electron chi connectivity index (χ0n) is 11.0. The molecule has 6 nitrogen and oxygen atoms in total. The lowest BCUT2D eigenvalue weighted by Gasteiger charge is -2.09. The number of carbonyl (C=O) groups is 2. The standard InChI is InChI=1S/C13H18ClN3O3/c14-10-5-4-6-11(9-10)15-13(20)17-16-12(19)7-2-1-3-8-18/h4-6,9,18H,1-3,7-8H2,(H,16,19)(H2,15,17,20). The predicted molar refractivity (Wildman–Crippen MR) is 77.3 cm³/mol. The van der Waals surface area contributed by atoms with Crippen molar-refractivity contribution in [2.45, 2.75) is 25.7 Å². The first kappa shape index (κ1) is 16.3. The average molecular weight is 300 g/mol. The molecule has 0 radical (unpaired) electrons. The van der Waals surface area contributed by atoms with Gasteiger partial charge in [-0.3, -0.25) is 10.2 Å². The van der Waals surface area contributed by atoms with E-state index in [9.17, 15) is 9.59 Å². The molecule has 1 aromatic carbocycles. The summed E-state index contributed by atoms with van der Waals surface area (Å²) in [5, 5.41) is 11.6. The van der Waals surface area contributed by atoms with Crippen LogP contribution in [0.2, 0.25) is 5.02 Å². The van der Waals surface area contributed by atoms with Gasteiger partial charge in [0.25, 0.3) is 0 Å². The van der Waals surface area contributed by atoms with Crippen molar-refractivity contribution in [3.8, 4) is 0 Å². The Morgan fingerprint density at radius 3 is 2.65 bits per heavy atom. The number of hydrogen-bond acceptors (Lipinski definition) is 3. The maximum absolute atomic E-state index is 11.5. The Balaban J connectivity index is 2.21. The number of anilines is 1. The lowest BCUT2D eigenvalue weighted by molar-refractivity contribution is -0.121. The highest BCUT2D eigenvalue weighted by Gasteiger charge is 2.04. The van der Waals surface area contributed by atoms with Gasteiger partial charge in [-0.2, -0.15) is 0 Å². The molecule has 3 amide bonds. The fourth-order valence-corrected chi connectivity index (χ4v) is 1.68. The second-order valence-corrected chi connectivity index (χ2v) is 4.61. The zero-order valence-corrected chi connectivity index (χ0v) is 11.7. The predicted octanol–water partition coefficient (Wildman–Crippen LogP) is 2.05. The van der Waals surface area contributed by atoms with Gasteiger partial charge in [-0.1, -0.05) is 24.1 Å². The molecule has 0 spiro atoms. The van der Waals surface area contributed by atoms with Gasteiger partial charge in [-0.05, 0) is 31.0 Å². The minimum Gasteiger partial charge on any atom is -0.396 e. The van der Waals surface area contributed by atoms with Crippen molar-refractivity contribution in [1.82, 2.24) is 10.9 Å². The van der Waals surface area contributed by atoms with Crippen molar-refractivity contribution in [3.05, 3.63) is 29.3 Å². The van der Waals surface area contributed by atoms with E-state index < -0.39 is 6.03 Å². The van der Waals surface area contributed by atoms with Gasteiger partial charge < -0.3 is 10.4 Å². The van der Waals surface area contributed by atoms with Crippen molar-refractivity contribution < 1.29 is 14.7 Å². The monoisotopic (exact) mass is 299 g/mol. The molecule has 0 aromatic heterocycles. The molecule has 0 aliphatic carbocycles. The van der Waals surface area contributed by atoms with Crippen LogP contribution < -0.4 is 16.2 Å². The van der Waals surface area contributed by atoms with Crippen molar-refractivity contribution in [2.24, 2.45) is 0 Å². The summed E-state index contributed by atoms with van der Waals surface area (Å²) >= 11 is 5.78. The maximum Gasteiger partial charge on any atom is 0.337 e. The highest BCUT2D eigenvalue weighted by atomic mass is 35.5. The second kappa shape index (κ2) is 9.17. The number of benzene rings is 1. The largest absolute Gasteiger partial charge is 0.396 e.